The highest BCUT2D eigenvalue weighted by Gasteiger charge is 2.20. The molecule has 0 spiro atoms. The first-order chi connectivity index (χ1) is 16.4. The van der Waals surface area contributed by atoms with Crippen LogP contribution in [0, 0.1) is 5.82 Å². The summed E-state index contributed by atoms with van der Waals surface area (Å²) in [5, 5.41) is 22.2. The second-order valence-corrected chi connectivity index (χ2v) is 7.93. The van der Waals surface area contributed by atoms with Crippen LogP contribution in [0.1, 0.15) is 18.1 Å². The number of halogens is 1. The highest BCUT2D eigenvalue weighted by atomic mass is 19.1. The number of anilines is 1. The number of nitrogens with one attached hydrogen (secondary N) is 1. The van der Waals surface area contributed by atoms with E-state index in [9.17, 15) is 19.4 Å². The van der Waals surface area contributed by atoms with Crippen LogP contribution in [0.25, 0.3) is 33.3 Å². The van der Waals surface area contributed by atoms with Crippen LogP contribution in [0.15, 0.2) is 71.7 Å². The third-order valence-electron chi connectivity index (χ3n) is 5.60. The first kappa shape index (κ1) is 23.1. The van der Waals surface area contributed by atoms with E-state index in [1.54, 1.807) is 19.3 Å². The van der Waals surface area contributed by atoms with Gasteiger partial charge in [-0.15, -0.1) is 0 Å². The Morgan fingerprint density at radius 2 is 1.68 bits per heavy atom. The smallest absolute Gasteiger partial charge is 0.325 e. The van der Waals surface area contributed by atoms with Gasteiger partial charge in [-0.05, 0) is 41.8 Å². The number of aliphatic hydroxyl groups excluding tert-OH is 1. The molecule has 0 amide bonds. The predicted octanol–water partition coefficient (Wildman–Crippen LogP) is 5.13. The number of aliphatic carboxylic acids is 1. The van der Waals surface area contributed by atoms with Crippen LogP contribution in [0.3, 0.4) is 0 Å². The van der Waals surface area contributed by atoms with Crippen molar-refractivity contribution in [3.8, 4) is 22.4 Å². The molecule has 1 aromatic heterocycles. The topological polar surface area (TPSA) is 94.8 Å². The van der Waals surface area contributed by atoms with E-state index >= 15 is 0 Å². The molecule has 172 valence electrons. The molecule has 0 fully saturated rings. The Kier molecular flexibility index (Phi) is 6.65. The molecule has 34 heavy (non-hydrogen) atoms. The van der Waals surface area contributed by atoms with E-state index in [2.05, 4.69) is 10.3 Å². The average Bonchev–Trinajstić information content (AvgIpc) is 2.85. The molecule has 4 aromatic rings. The average molecular weight is 458 g/mol. The number of aliphatic hydroxyl groups is 1. The molecule has 3 N–H and O–H groups in total. The van der Waals surface area contributed by atoms with Crippen molar-refractivity contribution in [2.24, 2.45) is 4.99 Å². The summed E-state index contributed by atoms with van der Waals surface area (Å²) in [6.07, 6.45) is 1.60. The molecular formula is C27H24FN3O3. The van der Waals surface area contributed by atoms with Crippen LogP contribution in [0.5, 0.6) is 0 Å². The highest BCUT2D eigenvalue weighted by Crippen LogP contribution is 2.35. The van der Waals surface area contributed by atoms with Crippen LogP contribution < -0.4 is 5.32 Å². The molecule has 0 aliphatic rings. The first-order valence-corrected chi connectivity index (χ1v) is 10.8. The fourth-order valence-electron chi connectivity index (χ4n) is 3.78. The van der Waals surface area contributed by atoms with Gasteiger partial charge in [-0.1, -0.05) is 48.5 Å². The molecule has 0 radical (unpaired) electrons. The van der Waals surface area contributed by atoms with Gasteiger partial charge in [0.25, 0.3) is 0 Å². The van der Waals surface area contributed by atoms with Crippen molar-refractivity contribution in [1.29, 1.82) is 0 Å². The maximum atomic E-state index is 14.1. The van der Waals surface area contributed by atoms with Crippen LogP contribution in [0.2, 0.25) is 0 Å². The maximum absolute atomic E-state index is 14.1. The number of pyridine rings is 1. The second kappa shape index (κ2) is 9.80. The molecule has 0 saturated carbocycles. The predicted molar refractivity (Wildman–Crippen MR) is 133 cm³/mol. The number of hydrogen-bond acceptors (Lipinski definition) is 5. The normalized spacial score (nSPS) is 12.2. The molecule has 4 rings (SSSR count). The third kappa shape index (κ3) is 4.65. The summed E-state index contributed by atoms with van der Waals surface area (Å²) in [5.41, 5.74) is 5.84. The number of aromatic nitrogens is 1. The van der Waals surface area contributed by atoms with Gasteiger partial charge in [-0.3, -0.25) is 9.79 Å². The van der Waals surface area contributed by atoms with E-state index in [-0.39, 0.29) is 6.61 Å². The standard InChI is InChI=1S/C27H24FN3O3/c1-16(27(33)34)30-26-22-13-21(28)11-12-24(22)31-25(23(26)14-29-2)20-9-7-19(8-10-20)18-5-3-17(15-32)4-6-18/h3-14,16,32H,15H2,1-2H3,(H,30,31)(H,33,34). The quantitative estimate of drug-likeness (QED) is 0.334. The monoisotopic (exact) mass is 457 g/mol. The van der Waals surface area contributed by atoms with Gasteiger partial charge in [-0.25, -0.2) is 9.37 Å². The number of rotatable bonds is 7. The molecule has 0 saturated heterocycles. The van der Waals surface area contributed by atoms with Crippen molar-refractivity contribution in [1.82, 2.24) is 4.98 Å². The number of fused-ring (bicyclic) bond motifs is 1. The van der Waals surface area contributed by atoms with Gasteiger partial charge in [0, 0.05) is 29.8 Å². The number of carboxylic acid groups (broad SMARTS) is 1. The number of nitrogens with zero attached hydrogens (tertiary/aromatic N) is 2. The second-order valence-electron chi connectivity index (χ2n) is 7.93. The van der Waals surface area contributed by atoms with E-state index in [0.29, 0.717) is 27.8 Å². The minimum atomic E-state index is -1.03. The summed E-state index contributed by atoms with van der Waals surface area (Å²) in [5.74, 6) is -1.47. The van der Waals surface area contributed by atoms with E-state index in [0.717, 1.165) is 22.3 Å². The van der Waals surface area contributed by atoms with E-state index in [4.69, 9.17) is 4.98 Å². The summed E-state index contributed by atoms with van der Waals surface area (Å²) in [6.45, 7) is 1.52. The Balaban J connectivity index is 1.86. The molecule has 0 aliphatic carbocycles. The fraction of sp³-hybridized carbons (Fsp3) is 0.148. The SMILES string of the molecule is CN=Cc1c(-c2ccc(-c3ccc(CO)cc3)cc2)nc2ccc(F)cc2c1NC(C)C(=O)O. The molecule has 1 atom stereocenters. The lowest BCUT2D eigenvalue weighted by Crippen LogP contribution is -2.26. The zero-order valence-electron chi connectivity index (χ0n) is 18.8. The highest BCUT2D eigenvalue weighted by molar-refractivity contribution is 6.07. The first-order valence-electron chi connectivity index (χ1n) is 10.8. The summed E-state index contributed by atoms with van der Waals surface area (Å²) >= 11 is 0. The fourth-order valence-corrected chi connectivity index (χ4v) is 3.78. The molecule has 0 bridgehead atoms. The van der Waals surface area contributed by atoms with Gasteiger partial charge in [0.1, 0.15) is 11.9 Å². The van der Waals surface area contributed by atoms with Gasteiger partial charge in [0.05, 0.1) is 23.5 Å². The van der Waals surface area contributed by atoms with Crippen LogP contribution in [0.4, 0.5) is 10.1 Å². The van der Waals surface area contributed by atoms with Gasteiger partial charge in [0.15, 0.2) is 0 Å². The van der Waals surface area contributed by atoms with Gasteiger partial charge >= 0.3 is 5.97 Å². The Morgan fingerprint density at radius 1 is 1.06 bits per heavy atom. The summed E-state index contributed by atoms with van der Waals surface area (Å²) in [4.78, 5) is 20.5. The summed E-state index contributed by atoms with van der Waals surface area (Å²) in [7, 11) is 1.61. The van der Waals surface area contributed by atoms with Crippen molar-refractivity contribution in [3.05, 3.63) is 83.7 Å². The Morgan fingerprint density at radius 3 is 2.26 bits per heavy atom. The van der Waals surface area contributed by atoms with Crippen LogP contribution in [-0.2, 0) is 11.4 Å². The minimum absolute atomic E-state index is 0.00459. The number of aliphatic imine (C=N–C) groups is 1. The lowest BCUT2D eigenvalue weighted by atomic mass is 9.98. The van der Waals surface area contributed by atoms with Crippen molar-refractivity contribution in [2.45, 2.75) is 19.6 Å². The minimum Gasteiger partial charge on any atom is -0.480 e. The maximum Gasteiger partial charge on any atom is 0.325 e. The Hall–Kier alpha value is -4.10. The van der Waals surface area contributed by atoms with Crippen LogP contribution in [-0.4, -0.2) is 40.5 Å². The van der Waals surface area contributed by atoms with Gasteiger partial charge < -0.3 is 15.5 Å². The number of hydrogen-bond donors (Lipinski definition) is 3. The summed E-state index contributed by atoms with van der Waals surface area (Å²) < 4.78 is 14.1. The summed E-state index contributed by atoms with van der Waals surface area (Å²) in [6, 6.07) is 18.8. The lowest BCUT2D eigenvalue weighted by Gasteiger charge is -2.19. The zero-order valence-corrected chi connectivity index (χ0v) is 18.8. The number of benzene rings is 3. The molecular weight excluding hydrogens is 433 g/mol. The van der Waals surface area contributed by atoms with E-state index in [1.807, 2.05) is 48.5 Å². The van der Waals surface area contributed by atoms with Crippen molar-refractivity contribution in [2.75, 3.05) is 12.4 Å². The van der Waals surface area contributed by atoms with E-state index < -0.39 is 17.8 Å². The van der Waals surface area contributed by atoms with Gasteiger partial charge in [0.2, 0.25) is 0 Å². The number of carboxylic acids is 1. The number of carbonyl (C=O) groups is 1. The van der Waals surface area contributed by atoms with Crippen molar-refractivity contribution in [3.63, 3.8) is 0 Å². The molecule has 6 nitrogen and oxygen atoms in total. The largest absolute Gasteiger partial charge is 0.480 e. The molecule has 3 aromatic carbocycles. The van der Waals surface area contributed by atoms with Crippen LogP contribution >= 0.6 is 0 Å². The van der Waals surface area contributed by atoms with Crippen molar-refractivity contribution < 1.29 is 19.4 Å². The zero-order chi connectivity index (χ0) is 24.2. The Labute approximate surface area is 196 Å². The lowest BCUT2D eigenvalue weighted by molar-refractivity contribution is -0.137. The molecule has 1 heterocycles. The van der Waals surface area contributed by atoms with E-state index in [1.165, 1.54) is 19.1 Å². The molecule has 7 heteroatoms. The Bertz CT molecular complexity index is 1370. The molecule has 1 unspecified atom stereocenters. The van der Waals surface area contributed by atoms with Gasteiger partial charge in [-0.2, -0.15) is 0 Å². The van der Waals surface area contributed by atoms with Crippen molar-refractivity contribution >= 4 is 28.8 Å². The molecule has 0 aliphatic heterocycles. The third-order valence-corrected chi connectivity index (χ3v) is 5.60.